The van der Waals surface area contributed by atoms with Crippen molar-refractivity contribution in [3.05, 3.63) is 42.0 Å². The molecule has 0 bridgehead atoms. The summed E-state index contributed by atoms with van der Waals surface area (Å²) in [6, 6.07) is 8.71. The van der Waals surface area contributed by atoms with Gasteiger partial charge in [-0.3, -0.25) is 0 Å². The van der Waals surface area contributed by atoms with Gasteiger partial charge < -0.3 is 5.73 Å². The fraction of sp³-hybridized carbons (Fsp3) is 0.500. The van der Waals surface area contributed by atoms with Gasteiger partial charge in [0.2, 0.25) is 0 Å². The molecule has 0 fully saturated rings. The van der Waals surface area contributed by atoms with Crippen LogP contribution in [-0.4, -0.2) is 6.54 Å². The van der Waals surface area contributed by atoms with Crippen LogP contribution in [0.4, 0.5) is 0 Å². The molecule has 1 aromatic rings. The second kappa shape index (κ2) is 8.08. The lowest BCUT2D eigenvalue weighted by molar-refractivity contribution is 0.609. The smallest absolute Gasteiger partial charge is 0.00773 e. The number of hydrogen-bond acceptors (Lipinski definition) is 1. The highest BCUT2D eigenvalue weighted by molar-refractivity contribution is 5.61. The van der Waals surface area contributed by atoms with Gasteiger partial charge in [-0.1, -0.05) is 57.2 Å². The molecule has 0 aliphatic rings. The number of hydrogen-bond donors (Lipinski definition) is 1. The molecule has 0 aromatic heterocycles. The van der Waals surface area contributed by atoms with Crippen LogP contribution in [0.15, 0.2) is 30.8 Å². The minimum atomic E-state index is 0. The predicted octanol–water partition coefficient (Wildman–Crippen LogP) is 4.59. The zero-order chi connectivity index (χ0) is 12.0. The molecule has 0 saturated carbocycles. The van der Waals surface area contributed by atoms with Gasteiger partial charge in [0.1, 0.15) is 0 Å². The zero-order valence-electron chi connectivity index (χ0n) is 10.5. The molecule has 1 aromatic carbocycles. The van der Waals surface area contributed by atoms with E-state index < -0.39 is 0 Å². The van der Waals surface area contributed by atoms with Crippen molar-refractivity contribution in [2.45, 2.75) is 46.5 Å². The Labute approximate surface area is 107 Å². The van der Waals surface area contributed by atoms with E-state index in [4.69, 9.17) is 5.73 Å². The summed E-state index contributed by atoms with van der Waals surface area (Å²) in [5, 5.41) is 0. The maximum atomic E-state index is 5.51. The van der Waals surface area contributed by atoms with E-state index >= 15 is 0 Å². The molecular formula is C16H27N. The van der Waals surface area contributed by atoms with Crippen molar-refractivity contribution in [1.29, 1.82) is 0 Å². The maximum Gasteiger partial charge on any atom is -0.00773 e. The molecular weight excluding hydrogens is 206 g/mol. The fourth-order valence-corrected chi connectivity index (χ4v) is 1.87. The van der Waals surface area contributed by atoms with Gasteiger partial charge in [-0.2, -0.15) is 0 Å². The molecule has 0 radical (unpaired) electrons. The first kappa shape index (κ1) is 15.9. The van der Waals surface area contributed by atoms with Crippen molar-refractivity contribution in [3.63, 3.8) is 0 Å². The Morgan fingerprint density at radius 1 is 1.35 bits per heavy atom. The molecule has 1 rings (SSSR count). The average molecular weight is 233 g/mol. The van der Waals surface area contributed by atoms with Crippen LogP contribution in [0.5, 0.6) is 0 Å². The summed E-state index contributed by atoms with van der Waals surface area (Å²) in [7, 11) is 0. The number of unbranched alkanes of at least 4 members (excludes halogenated alkanes) is 1. The van der Waals surface area contributed by atoms with E-state index in [9.17, 15) is 0 Å². The van der Waals surface area contributed by atoms with Crippen molar-refractivity contribution in [1.82, 2.24) is 0 Å². The second-order valence-corrected chi connectivity index (χ2v) is 4.59. The highest BCUT2D eigenvalue weighted by Gasteiger charge is 2.05. The normalized spacial score (nSPS) is 11.7. The Morgan fingerprint density at radius 3 is 2.65 bits per heavy atom. The third-order valence-electron chi connectivity index (χ3n) is 3.04. The molecule has 1 unspecified atom stereocenters. The van der Waals surface area contributed by atoms with Crippen LogP contribution in [0.1, 0.15) is 57.6 Å². The molecule has 96 valence electrons. The fourth-order valence-electron chi connectivity index (χ4n) is 1.87. The number of allylic oxidation sites excluding steroid dienone is 1. The number of nitrogens with two attached hydrogens (primary N) is 1. The van der Waals surface area contributed by atoms with Crippen LogP contribution in [-0.2, 0) is 0 Å². The van der Waals surface area contributed by atoms with Gasteiger partial charge in [-0.25, -0.2) is 0 Å². The summed E-state index contributed by atoms with van der Waals surface area (Å²) in [6.45, 7) is 9.13. The Hall–Kier alpha value is -1.08. The summed E-state index contributed by atoms with van der Waals surface area (Å²) in [5.41, 5.74) is 9.31. The standard InChI is InChI=1S/C15H23N.CH4/c1-12(2)14-8-6-9-15(11-14)13(3)7-4-5-10-16;/h6,8-9,11,13H,1,4-5,7,10,16H2,2-3H3;1H4. The molecule has 0 amide bonds. The van der Waals surface area contributed by atoms with Gasteiger partial charge >= 0.3 is 0 Å². The molecule has 0 aliphatic carbocycles. The zero-order valence-corrected chi connectivity index (χ0v) is 10.5. The van der Waals surface area contributed by atoms with Crippen molar-refractivity contribution < 1.29 is 0 Å². The first-order valence-corrected chi connectivity index (χ1v) is 6.11. The van der Waals surface area contributed by atoms with Crippen LogP contribution >= 0.6 is 0 Å². The van der Waals surface area contributed by atoms with E-state index in [2.05, 4.69) is 44.7 Å². The monoisotopic (exact) mass is 233 g/mol. The van der Waals surface area contributed by atoms with Gasteiger partial charge in [0.25, 0.3) is 0 Å². The molecule has 1 nitrogen and oxygen atoms in total. The van der Waals surface area contributed by atoms with Gasteiger partial charge in [0.15, 0.2) is 0 Å². The Balaban J connectivity index is 0.00000256. The third-order valence-corrected chi connectivity index (χ3v) is 3.04. The van der Waals surface area contributed by atoms with Crippen LogP contribution in [0.2, 0.25) is 0 Å². The second-order valence-electron chi connectivity index (χ2n) is 4.59. The summed E-state index contributed by atoms with van der Waals surface area (Å²) < 4.78 is 0. The van der Waals surface area contributed by atoms with E-state index in [1.807, 2.05) is 0 Å². The van der Waals surface area contributed by atoms with Crippen LogP contribution in [0, 0.1) is 0 Å². The average Bonchev–Trinajstić information content (AvgIpc) is 2.29. The van der Waals surface area contributed by atoms with Crippen molar-refractivity contribution in [2.75, 3.05) is 6.54 Å². The molecule has 2 N–H and O–H groups in total. The highest BCUT2D eigenvalue weighted by Crippen LogP contribution is 2.24. The SMILES string of the molecule is C.C=C(C)c1cccc(C(C)CCCCN)c1. The lowest BCUT2D eigenvalue weighted by Crippen LogP contribution is -2.00. The number of rotatable bonds is 6. The molecule has 1 heteroatoms. The van der Waals surface area contributed by atoms with Crippen molar-refractivity contribution in [3.8, 4) is 0 Å². The lowest BCUT2D eigenvalue weighted by atomic mass is 9.93. The van der Waals surface area contributed by atoms with Gasteiger partial charge in [-0.05, 0) is 43.4 Å². The molecule has 1 atom stereocenters. The first-order valence-electron chi connectivity index (χ1n) is 6.11. The highest BCUT2D eigenvalue weighted by atomic mass is 14.5. The van der Waals surface area contributed by atoms with E-state index in [-0.39, 0.29) is 7.43 Å². The van der Waals surface area contributed by atoms with E-state index in [0.717, 1.165) is 18.5 Å². The third kappa shape index (κ3) is 5.18. The van der Waals surface area contributed by atoms with E-state index in [0.29, 0.717) is 5.92 Å². The van der Waals surface area contributed by atoms with Gasteiger partial charge in [0, 0.05) is 0 Å². The molecule has 0 aliphatic heterocycles. The topological polar surface area (TPSA) is 26.0 Å². The van der Waals surface area contributed by atoms with Gasteiger partial charge in [0.05, 0.1) is 0 Å². The molecule has 0 heterocycles. The quantitative estimate of drug-likeness (QED) is 0.715. The van der Waals surface area contributed by atoms with Crippen molar-refractivity contribution in [2.24, 2.45) is 5.73 Å². The minimum absolute atomic E-state index is 0. The van der Waals surface area contributed by atoms with E-state index in [1.165, 1.54) is 24.0 Å². The lowest BCUT2D eigenvalue weighted by Gasteiger charge is -2.13. The summed E-state index contributed by atoms with van der Waals surface area (Å²) >= 11 is 0. The molecule has 0 spiro atoms. The van der Waals surface area contributed by atoms with Crippen LogP contribution < -0.4 is 5.73 Å². The summed E-state index contributed by atoms with van der Waals surface area (Å²) in [5.74, 6) is 0.617. The minimum Gasteiger partial charge on any atom is -0.330 e. The Morgan fingerprint density at radius 2 is 2.06 bits per heavy atom. The Bertz CT molecular complexity index is 341. The predicted molar refractivity (Wildman–Crippen MR) is 79.2 cm³/mol. The first-order chi connectivity index (χ1) is 7.65. The molecule has 17 heavy (non-hydrogen) atoms. The maximum absolute atomic E-state index is 5.51. The van der Waals surface area contributed by atoms with Crippen LogP contribution in [0.3, 0.4) is 0 Å². The Kier molecular flexibility index (Phi) is 7.56. The number of benzene rings is 1. The molecule has 0 saturated heterocycles. The summed E-state index contributed by atoms with van der Waals surface area (Å²) in [6.07, 6.45) is 3.57. The van der Waals surface area contributed by atoms with Crippen LogP contribution in [0.25, 0.3) is 5.57 Å². The summed E-state index contributed by atoms with van der Waals surface area (Å²) in [4.78, 5) is 0. The van der Waals surface area contributed by atoms with Gasteiger partial charge in [-0.15, -0.1) is 0 Å². The van der Waals surface area contributed by atoms with Crippen molar-refractivity contribution >= 4 is 5.57 Å². The van der Waals surface area contributed by atoms with E-state index in [1.54, 1.807) is 0 Å². The largest absolute Gasteiger partial charge is 0.330 e.